The summed E-state index contributed by atoms with van der Waals surface area (Å²) in [4.78, 5) is 15.9. The van der Waals surface area contributed by atoms with Crippen LogP contribution >= 0.6 is 0 Å². The number of aromatic nitrogens is 1. The molecule has 1 aromatic rings. The predicted octanol–water partition coefficient (Wildman–Crippen LogP) is 1.63. The zero-order valence-electron chi connectivity index (χ0n) is 9.93. The zero-order valence-corrected chi connectivity index (χ0v) is 9.93. The van der Waals surface area contributed by atoms with E-state index in [1.54, 1.807) is 13.1 Å². The van der Waals surface area contributed by atoms with E-state index in [1.807, 2.05) is 12.1 Å². The molecule has 0 saturated carbocycles. The number of nitrogens with zero attached hydrogens (tertiary/aromatic N) is 1. The van der Waals surface area contributed by atoms with E-state index < -0.39 is 6.10 Å². The molecular weight excluding hydrogens is 218 g/mol. The molecule has 0 bridgehead atoms. The van der Waals surface area contributed by atoms with Gasteiger partial charge in [-0.1, -0.05) is 6.07 Å². The number of carbonyl (C=O) groups excluding carboxylic acids is 1. The van der Waals surface area contributed by atoms with Crippen LogP contribution in [0.1, 0.15) is 37.1 Å². The van der Waals surface area contributed by atoms with E-state index in [4.69, 9.17) is 4.74 Å². The molecule has 0 aromatic carbocycles. The maximum atomic E-state index is 11.7. The standard InChI is InChI=1S/C13H17NO3/c1-2-17-13(16)10-6-5-9-4-3-7-14-12(9)11(15)8-10/h3-4,7,10-11,15H,2,5-6,8H2,1H3/t10-,11-/m1/s1. The molecule has 0 saturated heterocycles. The molecule has 1 aliphatic rings. The van der Waals surface area contributed by atoms with Gasteiger partial charge in [-0.3, -0.25) is 9.78 Å². The third-order valence-corrected chi connectivity index (χ3v) is 3.13. The van der Waals surface area contributed by atoms with Crippen LogP contribution in [0.4, 0.5) is 0 Å². The van der Waals surface area contributed by atoms with Gasteiger partial charge in [-0.2, -0.15) is 0 Å². The fourth-order valence-corrected chi connectivity index (χ4v) is 2.27. The summed E-state index contributed by atoms with van der Waals surface area (Å²) < 4.78 is 5.01. The van der Waals surface area contributed by atoms with Gasteiger partial charge in [0.2, 0.25) is 0 Å². The van der Waals surface area contributed by atoms with Crippen molar-refractivity contribution >= 4 is 5.97 Å². The zero-order chi connectivity index (χ0) is 12.3. The Labute approximate surface area is 101 Å². The fourth-order valence-electron chi connectivity index (χ4n) is 2.27. The van der Waals surface area contributed by atoms with Gasteiger partial charge in [0.05, 0.1) is 24.3 Å². The largest absolute Gasteiger partial charge is 0.466 e. The van der Waals surface area contributed by atoms with E-state index in [1.165, 1.54) is 0 Å². The van der Waals surface area contributed by atoms with Crippen molar-refractivity contribution in [3.8, 4) is 0 Å². The Kier molecular flexibility index (Phi) is 3.74. The second kappa shape index (κ2) is 5.27. The van der Waals surface area contributed by atoms with Gasteiger partial charge in [0.1, 0.15) is 0 Å². The van der Waals surface area contributed by atoms with Crippen LogP contribution in [0.3, 0.4) is 0 Å². The number of fused-ring (bicyclic) bond motifs is 1. The summed E-state index contributed by atoms with van der Waals surface area (Å²) in [7, 11) is 0. The molecule has 0 fully saturated rings. The minimum absolute atomic E-state index is 0.209. The third-order valence-electron chi connectivity index (χ3n) is 3.13. The SMILES string of the molecule is CCOC(=O)[C@@H]1CCc2cccnc2[C@H](O)C1. The van der Waals surface area contributed by atoms with Crippen LogP contribution < -0.4 is 0 Å². The summed E-state index contributed by atoms with van der Waals surface area (Å²) in [6.45, 7) is 2.18. The Balaban J connectivity index is 2.14. The Hall–Kier alpha value is -1.42. The number of rotatable bonds is 2. The molecule has 17 heavy (non-hydrogen) atoms. The van der Waals surface area contributed by atoms with Gasteiger partial charge in [0.15, 0.2) is 0 Å². The molecule has 1 aliphatic carbocycles. The lowest BCUT2D eigenvalue weighted by atomic mass is 9.99. The van der Waals surface area contributed by atoms with Crippen molar-refractivity contribution in [2.45, 2.75) is 32.3 Å². The summed E-state index contributed by atoms with van der Waals surface area (Å²) in [5.41, 5.74) is 1.74. The molecular formula is C13H17NO3. The molecule has 92 valence electrons. The van der Waals surface area contributed by atoms with Crippen LogP contribution in [-0.2, 0) is 16.0 Å². The van der Waals surface area contributed by atoms with Gasteiger partial charge >= 0.3 is 5.97 Å². The van der Waals surface area contributed by atoms with Gasteiger partial charge < -0.3 is 9.84 Å². The minimum atomic E-state index is -0.664. The summed E-state index contributed by atoms with van der Waals surface area (Å²) in [5.74, 6) is -0.432. The number of ether oxygens (including phenoxy) is 1. The van der Waals surface area contributed by atoms with Crippen molar-refractivity contribution in [3.05, 3.63) is 29.6 Å². The molecule has 2 atom stereocenters. The van der Waals surface area contributed by atoms with Crippen molar-refractivity contribution in [1.82, 2.24) is 4.98 Å². The number of esters is 1. The lowest BCUT2D eigenvalue weighted by molar-refractivity contribution is -0.149. The summed E-state index contributed by atoms with van der Waals surface area (Å²) >= 11 is 0. The average Bonchev–Trinajstić information content (AvgIpc) is 2.50. The van der Waals surface area contributed by atoms with E-state index in [0.717, 1.165) is 12.0 Å². The van der Waals surface area contributed by atoms with E-state index in [-0.39, 0.29) is 11.9 Å². The van der Waals surface area contributed by atoms with Crippen LogP contribution in [0.2, 0.25) is 0 Å². The van der Waals surface area contributed by atoms with Gasteiger partial charge in [-0.05, 0) is 37.8 Å². The second-order valence-electron chi connectivity index (χ2n) is 4.29. The number of carbonyl (C=O) groups is 1. The monoisotopic (exact) mass is 235 g/mol. The van der Waals surface area contributed by atoms with Gasteiger partial charge in [0, 0.05) is 6.20 Å². The molecule has 0 aliphatic heterocycles. The quantitative estimate of drug-likeness (QED) is 0.625. The smallest absolute Gasteiger partial charge is 0.309 e. The molecule has 4 heteroatoms. The molecule has 0 unspecified atom stereocenters. The third kappa shape index (κ3) is 2.64. The molecule has 1 heterocycles. The molecule has 1 N–H and O–H groups in total. The molecule has 0 radical (unpaired) electrons. The van der Waals surface area contributed by atoms with E-state index in [9.17, 15) is 9.90 Å². The highest BCUT2D eigenvalue weighted by Gasteiger charge is 2.29. The van der Waals surface area contributed by atoms with Gasteiger partial charge in [-0.15, -0.1) is 0 Å². The van der Waals surface area contributed by atoms with E-state index >= 15 is 0 Å². The van der Waals surface area contributed by atoms with Crippen LogP contribution in [0.15, 0.2) is 18.3 Å². The maximum absolute atomic E-state index is 11.7. The van der Waals surface area contributed by atoms with Crippen LogP contribution in [0, 0.1) is 5.92 Å². The molecule has 0 amide bonds. The van der Waals surface area contributed by atoms with Crippen molar-refractivity contribution in [3.63, 3.8) is 0 Å². The Bertz CT molecular complexity index is 405. The lowest BCUT2D eigenvalue weighted by Crippen LogP contribution is -2.19. The molecule has 1 aromatic heterocycles. The van der Waals surface area contributed by atoms with Crippen molar-refractivity contribution < 1.29 is 14.6 Å². The number of aliphatic hydroxyl groups is 1. The van der Waals surface area contributed by atoms with Crippen LogP contribution in [0.5, 0.6) is 0 Å². The first-order valence-electron chi connectivity index (χ1n) is 6.01. The van der Waals surface area contributed by atoms with Crippen LogP contribution in [0.25, 0.3) is 0 Å². The maximum Gasteiger partial charge on any atom is 0.309 e. The Morgan fingerprint density at radius 1 is 1.65 bits per heavy atom. The Morgan fingerprint density at radius 2 is 2.47 bits per heavy atom. The van der Waals surface area contributed by atoms with Crippen molar-refractivity contribution in [1.29, 1.82) is 0 Å². The Morgan fingerprint density at radius 3 is 3.24 bits per heavy atom. The average molecular weight is 235 g/mol. The van der Waals surface area contributed by atoms with Gasteiger partial charge in [-0.25, -0.2) is 0 Å². The lowest BCUT2D eigenvalue weighted by Gasteiger charge is -2.14. The topological polar surface area (TPSA) is 59.4 Å². The highest BCUT2D eigenvalue weighted by Crippen LogP contribution is 2.30. The number of hydrogen-bond acceptors (Lipinski definition) is 4. The first-order chi connectivity index (χ1) is 8.22. The highest BCUT2D eigenvalue weighted by molar-refractivity contribution is 5.72. The van der Waals surface area contributed by atoms with E-state index in [0.29, 0.717) is 25.1 Å². The molecule has 4 nitrogen and oxygen atoms in total. The summed E-state index contributed by atoms with van der Waals surface area (Å²) in [6.07, 6.45) is 2.90. The first-order valence-corrected chi connectivity index (χ1v) is 6.01. The van der Waals surface area contributed by atoms with Crippen molar-refractivity contribution in [2.75, 3.05) is 6.61 Å². The van der Waals surface area contributed by atoms with Crippen LogP contribution in [-0.4, -0.2) is 22.7 Å². The molecule has 0 spiro atoms. The minimum Gasteiger partial charge on any atom is -0.466 e. The fraction of sp³-hybridized carbons (Fsp3) is 0.538. The number of hydrogen-bond donors (Lipinski definition) is 1. The summed E-state index contributed by atoms with van der Waals surface area (Å²) in [5, 5.41) is 10.1. The highest BCUT2D eigenvalue weighted by atomic mass is 16.5. The van der Waals surface area contributed by atoms with Gasteiger partial charge in [0.25, 0.3) is 0 Å². The van der Waals surface area contributed by atoms with Crippen molar-refractivity contribution in [2.24, 2.45) is 5.92 Å². The van der Waals surface area contributed by atoms with E-state index in [2.05, 4.69) is 4.98 Å². The summed E-state index contributed by atoms with van der Waals surface area (Å²) in [6, 6.07) is 3.81. The predicted molar refractivity (Wildman–Crippen MR) is 62.3 cm³/mol. The number of aryl methyl sites for hydroxylation is 1. The number of aliphatic hydroxyl groups excluding tert-OH is 1. The normalized spacial score (nSPS) is 23.6. The first kappa shape index (κ1) is 12.0. The second-order valence-corrected chi connectivity index (χ2v) is 4.29. The molecule has 2 rings (SSSR count). The number of pyridine rings is 1.